The third kappa shape index (κ3) is 2.02. The molecule has 0 radical (unpaired) electrons. The highest BCUT2D eigenvalue weighted by atomic mass is 16.3. The minimum atomic E-state index is -1.33. The number of carbonyl (C=O) groups excluding carboxylic acids is 1. The largest absolute Gasteiger partial charge is 0.389 e. The van der Waals surface area contributed by atoms with Crippen LogP contribution >= 0.6 is 0 Å². The Hall–Kier alpha value is -0.450. The van der Waals surface area contributed by atoms with E-state index in [1.165, 1.54) is 0 Å². The van der Waals surface area contributed by atoms with Gasteiger partial charge in [-0.1, -0.05) is 0 Å². The Morgan fingerprint density at radius 1 is 1.62 bits per heavy atom. The van der Waals surface area contributed by atoms with Crippen LogP contribution in [0.5, 0.6) is 0 Å². The van der Waals surface area contributed by atoms with Crippen molar-refractivity contribution < 1.29 is 15.0 Å². The van der Waals surface area contributed by atoms with Crippen molar-refractivity contribution in [2.45, 2.75) is 12.2 Å². The highest BCUT2D eigenvalue weighted by Gasteiger charge is 2.11. The van der Waals surface area contributed by atoms with E-state index < -0.39 is 12.2 Å². The number of hydrogen-bond donors (Lipinski definition) is 3. The Bertz CT molecular complexity index is 75.7. The van der Waals surface area contributed by atoms with Crippen molar-refractivity contribution in [2.24, 2.45) is 5.73 Å². The average Bonchev–Trinajstić information content (AvgIpc) is 1.84. The summed E-state index contributed by atoms with van der Waals surface area (Å²) < 4.78 is 0. The minimum Gasteiger partial charge on any atom is -0.389 e. The molecule has 0 spiro atoms. The fourth-order valence-electron chi connectivity index (χ4n) is 0.230. The summed E-state index contributed by atoms with van der Waals surface area (Å²) in [6.07, 6.45) is -2.20. The van der Waals surface area contributed by atoms with Gasteiger partial charge in [0.15, 0.2) is 6.29 Å². The van der Waals surface area contributed by atoms with Crippen LogP contribution in [0.2, 0.25) is 0 Å². The molecule has 0 saturated carbocycles. The Labute approximate surface area is 46.9 Å². The Morgan fingerprint density at radius 2 is 2.12 bits per heavy atom. The van der Waals surface area contributed by atoms with Crippen LogP contribution < -0.4 is 5.73 Å². The predicted octanol–water partition coefficient (Wildman–Crippen LogP) is -2.13. The average molecular weight is 119 g/mol. The van der Waals surface area contributed by atoms with Crippen LogP contribution in [0, 0.1) is 0 Å². The standard InChI is InChI=1S/C4H9NO3/c5-1-3(7)4(8)2-6/h2-4,7-8H,1,5H2. The lowest BCUT2D eigenvalue weighted by atomic mass is 10.2. The number of nitrogens with two attached hydrogens (primary N) is 1. The summed E-state index contributed by atoms with van der Waals surface area (Å²) in [4.78, 5) is 9.64. The first-order chi connectivity index (χ1) is 3.72. The van der Waals surface area contributed by atoms with Gasteiger partial charge >= 0.3 is 0 Å². The molecule has 0 heterocycles. The molecule has 4 N–H and O–H groups in total. The van der Waals surface area contributed by atoms with Gasteiger partial charge in [-0.05, 0) is 0 Å². The van der Waals surface area contributed by atoms with Crippen molar-refractivity contribution in [3.05, 3.63) is 0 Å². The summed E-state index contributed by atoms with van der Waals surface area (Å²) in [5.74, 6) is 0. The molecule has 0 aromatic heterocycles. The number of hydrogen-bond acceptors (Lipinski definition) is 4. The third-order valence-corrected chi connectivity index (χ3v) is 0.775. The van der Waals surface area contributed by atoms with Crippen LogP contribution in [0.4, 0.5) is 0 Å². The molecular formula is C4H9NO3. The molecule has 0 amide bonds. The molecule has 0 aromatic rings. The summed E-state index contributed by atoms with van der Waals surface area (Å²) in [5, 5.41) is 16.9. The third-order valence-electron chi connectivity index (χ3n) is 0.775. The van der Waals surface area contributed by atoms with Gasteiger partial charge < -0.3 is 20.7 Å². The molecule has 48 valence electrons. The van der Waals surface area contributed by atoms with Gasteiger partial charge in [-0.3, -0.25) is 0 Å². The SMILES string of the molecule is NCC(O)C(O)C=O. The Morgan fingerprint density at radius 3 is 2.25 bits per heavy atom. The first-order valence-corrected chi connectivity index (χ1v) is 2.24. The molecule has 0 aliphatic carbocycles. The zero-order valence-corrected chi connectivity index (χ0v) is 4.32. The molecule has 0 rings (SSSR count). The van der Waals surface area contributed by atoms with E-state index in [0.29, 0.717) is 0 Å². The van der Waals surface area contributed by atoms with E-state index in [4.69, 9.17) is 15.9 Å². The van der Waals surface area contributed by atoms with E-state index in [-0.39, 0.29) is 12.8 Å². The topological polar surface area (TPSA) is 83.6 Å². The van der Waals surface area contributed by atoms with E-state index in [0.717, 1.165) is 0 Å². The number of aldehydes is 1. The van der Waals surface area contributed by atoms with Crippen molar-refractivity contribution in [1.29, 1.82) is 0 Å². The quantitative estimate of drug-likeness (QED) is 0.370. The van der Waals surface area contributed by atoms with Crippen molar-refractivity contribution in [2.75, 3.05) is 6.54 Å². The lowest BCUT2D eigenvalue weighted by Gasteiger charge is -2.07. The molecular weight excluding hydrogens is 110 g/mol. The van der Waals surface area contributed by atoms with Crippen molar-refractivity contribution >= 4 is 6.29 Å². The van der Waals surface area contributed by atoms with Gasteiger partial charge in [-0.15, -0.1) is 0 Å². The summed E-state index contributed by atoms with van der Waals surface area (Å²) in [6.45, 7) is -0.0973. The van der Waals surface area contributed by atoms with Gasteiger partial charge in [0.25, 0.3) is 0 Å². The normalized spacial score (nSPS) is 17.4. The van der Waals surface area contributed by atoms with Gasteiger partial charge in [0, 0.05) is 6.54 Å². The van der Waals surface area contributed by atoms with Crippen molar-refractivity contribution in [1.82, 2.24) is 0 Å². The predicted molar refractivity (Wildman–Crippen MR) is 27.1 cm³/mol. The number of carbonyl (C=O) groups is 1. The van der Waals surface area contributed by atoms with Gasteiger partial charge in [0.05, 0.1) is 6.10 Å². The lowest BCUT2D eigenvalue weighted by Crippen LogP contribution is -2.33. The van der Waals surface area contributed by atoms with E-state index in [1.807, 2.05) is 0 Å². The fourth-order valence-corrected chi connectivity index (χ4v) is 0.230. The monoisotopic (exact) mass is 119 g/mol. The molecule has 4 nitrogen and oxygen atoms in total. The molecule has 8 heavy (non-hydrogen) atoms. The fraction of sp³-hybridized carbons (Fsp3) is 0.750. The molecule has 4 heteroatoms. The second-order valence-electron chi connectivity index (χ2n) is 1.43. The van der Waals surface area contributed by atoms with Crippen LogP contribution in [0.15, 0.2) is 0 Å². The van der Waals surface area contributed by atoms with Gasteiger partial charge in [0.2, 0.25) is 0 Å². The maximum Gasteiger partial charge on any atom is 0.151 e. The second-order valence-corrected chi connectivity index (χ2v) is 1.43. The van der Waals surface area contributed by atoms with Crippen molar-refractivity contribution in [3.8, 4) is 0 Å². The Balaban J connectivity index is 3.44. The van der Waals surface area contributed by atoms with Gasteiger partial charge in [0.1, 0.15) is 6.10 Å². The number of aliphatic hydroxyl groups is 2. The summed E-state index contributed by atoms with van der Waals surface area (Å²) in [6, 6.07) is 0. The van der Waals surface area contributed by atoms with E-state index in [1.54, 1.807) is 0 Å². The molecule has 0 bridgehead atoms. The van der Waals surface area contributed by atoms with E-state index >= 15 is 0 Å². The maximum absolute atomic E-state index is 9.64. The molecule has 0 fully saturated rings. The summed E-state index contributed by atoms with van der Waals surface area (Å²) in [7, 11) is 0. The first-order valence-electron chi connectivity index (χ1n) is 2.24. The minimum absolute atomic E-state index is 0.0973. The van der Waals surface area contributed by atoms with E-state index in [9.17, 15) is 4.79 Å². The molecule has 0 aromatic carbocycles. The van der Waals surface area contributed by atoms with Crippen LogP contribution in [-0.2, 0) is 4.79 Å². The van der Waals surface area contributed by atoms with Crippen LogP contribution in [0.3, 0.4) is 0 Å². The number of aliphatic hydroxyl groups excluding tert-OH is 2. The zero-order valence-electron chi connectivity index (χ0n) is 4.32. The maximum atomic E-state index is 9.64. The van der Waals surface area contributed by atoms with Crippen LogP contribution in [-0.4, -0.2) is 35.3 Å². The first kappa shape index (κ1) is 7.55. The molecule has 2 atom stereocenters. The molecule has 0 aliphatic heterocycles. The lowest BCUT2D eigenvalue weighted by molar-refractivity contribution is -0.119. The smallest absolute Gasteiger partial charge is 0.151 e. The van der Waals surface area contributed by atoms with E-state index in [2.05, 4.69) is 0 Å². The van der Waals surface area contributed by atoms with Crippen LogP contribution in [0.25, 0.3) is 0 Å². The highest BCUT2D eigenvalue weighted by molar-refractivity contribution is 5.56. The van der Waals surface area contributed by atoms with Crippen molar-refractivity contribution in [3.63, 3.8) is 0 Å². The number of rotatable bonds is 3. The van der Waals surface area contributed by atoms with Crippen LogP contribution in [0.1, 0.15) is 0 Å². The summed E-state index contributed by atoms with van der Waals surface area (Å²) in [5.41, 5.74) is 4.88. The molecule has 0 aliphatic rings. The van der Waals surface area contributed by atoms with Gasteiger partial charge in [-0.2, -0.15) is 0 Å². The van der Waals surface area contributed by atoms with Gasteiger partial charge in [-0.25, -0.2) is 0 Å². The molecule has 2 unspecified atom stereocenters. The summed E-state index contributed by atoms with van der Waals surface area (Å²) >= 11 is 0. The second kappa shape index (κ2) is 3.54. The highest BCUT2D eigenvalue weighted by Crippen LogP contribution is 1.84. The Kier molecular flexibility index (Phi) is 3.34. The zero-order chi connectivity index (χ0) is 6.57. The molecule has 0 saturated heterocycles.